The zero-order valence-corrected chi connectivity index (χ0v) is 10.5. The zero-order chi connectivity index (χ0) is 12.1. The molecule has 1 unspecified atom stereocenters. The van der Waals surface area contributed by atoms with Crippen molar-refractivity contribution in [1.29, 1.82) is 0 Å². The summed E-state index contributed by atoms with van der Waals surface area (Å²) in [6.07, 6.45) is 3.84. The summed E-state index contributed by atoms with van der Waals surface area (Å²) >= 11 is 0. The summed E-state index contributed by atoms with van der Waals surface area (Å²) in [5.74, 6) is 7.01. The Morgan fingerprint density at radius 2 is 2.19 bits per heavy atom. The van der Waals surface area contributed by atoms with Crippen LogP contribution in [0.3, 0.4) is 0 Å². The number of hydrogen-bond donors (Lipinski definition) is 2. The minimum atomic E-state index is 0.462. The number of nitrogens with two attached hydrogens (primary N) is 1. The van der Waals surface area contributed by atoms with Gasteiger partial charge in [0, 0.05) is 18.7 Å². The maximum Gasteiger partial charge on any atom is 0.148 e. The molecule has 0 radical (unpaired) electrons. The summed E-state index contributed by atoms with van der Waals surface area (Å²) < 4.78 is 0. The second kappa shape index (κ2) is 5.65. The highest BCUT2D eigenvalue weighted by atomic mass is 15.3. The van der Waals surface area contributed by atoms with E-state index in [9.17, 15) is 0 Å². The summed E-state index contributed by atoms with van der Waals surface area (Å²) in [5.41, 5.74) is 3.57. The van der Waals surface area contributed by atoms with Gasteiger partial charge in [0.2, 0.25) is 0 Å². The normalized spacial score (nSPS) is 12.3. The second-order valence-corrected chi connectivity index (χ2v) is 4.06. The Morgan fingerprint density at radius 1 is 1.50 bits per heavy atom. The van der Waals surface area contributed by atoms with Crippen molar-refractivity contribution in [3.05, 3.63) is 11.9 Å². The molecule has 90 valence electrons. The number of hydrazine groups is 1. The minimum absolute atomic E-state index is 0.462. The van der Waals surface area contributed by atoms with Gasteiger partial charge in [-0.05, 0) is 20.3 Å². The molecule has 0 fully saturated rings. The summed E-state index contributed by atoms with van der Waals surface area (Å²) in [6, 6.07) is 0.462. The average Bonchev–Trinajstić information content (AvgIpc) is 2.29. The highest BCUT2D eigenvalue weighted by Gasteiger charge is 2.14. The van der Waals surface area contributed by atoms with E-state index in [4.69, 9.17) is 5.84 Å². The molecule has 0 bridgehead atoms. The van der Waals surface area contributed by atoms with Crippen molar-refractivity contribution in [2.45, 2.75) is 39.7 Å². The van der Waals surface area contributed by atoms with Crippen molar-refractivity contribution in [3.8, 4) is 0 Å². The molecule has 0 aliphatic rings. The van der Waals surface area contributed by atoms with Gasteiger partial charge in [0.1, 0.15) is 18.0 Å². The molecule has 3 N–H and O–H groups in total. The molecule has 5 nitrogen and oxygen atoms in total. The van der Waals surface area contributed by atoms with E-state index in [0.29, 0.717) is 11.9 Å². The van der Waals surface area contributed by atoms with Crippen LogP contribution in [0.1, 0.15) is 32.3 Å². The lowest BCUT2D eigenvalue weighted by Gasteiger charge is -2.27. The first-order valence-corrected chi connectivity index (χ1v) is 5.62. The molecule has 1 heterocycles. The van der Waals surface area contributed by atoms with Crippen LogP contribution >= 0.6 is 0 Å². The van der Waals surface area contributed by atoms with Gasteiger partial charge in [-0.2, -0.15) is 0 Å². The second-order valence-electron chi connectivity index (χ2n) is 4.06. The third-order valence-corrected chi connectivity index (χ3v) is 2.90. The Hall–Kier alpha value is -1.36. The van der Waals surface area contributed by atoms with E-state index in [1.54, 1.807) is 0 Å². The Labute approximate surface area is 97.0 Å². The van der Waals surface area contributed by atoms with Crippen molar-refractivity contribution in [1.82, 2.24) is 9.97 Å². The zero-order valence-electron chi connectivity index (χ0n) is 10.5. The number of nitrogens with one attached hydrogen (secondary N) is 1. The monoisotopic (exact) mass is 223 g/mol. The average molecular weight is 223 g/mol. The largest absolute Gasteiger partial charge is 0.357 e. The fourth-order valence-electron chi connectivity index (χ4n) is 1.76. The Balaban J connectivity index is 2.94. The number of nitrogens with zero attached hydrogens (tertiary/aromatic N) is 3. The van der Waals surface area contributed by atoms with Gasteiger partial charge in [-0.25, -0.2) is 15.8 Å². The SMILES string of the molecule is CCCC(C)N(C)c1ncnc(NN)c1C. The molecule has 0 aliphatic carbocycles. The van der Waals surface area contributed by atoms with Gasteiger partial charge in [-0.15, -0.1) is 0 Å². The molecule has 0 aromatic carbocycles. The van der Waals surface area contributed by atoms with Crippen molar-refractivity contribution >= 4 is 11.6 Å². The lowest BCUT2D eigenvalue weighted by atomic mass is 10.1. The number of nitrogen functional groups attached to an aromatic ring is 1. The lowest BCUT2D eigenvalue weighted by molar-refractivity contribution is 0.609. The van der Waals surface area contributed by atoms with Crippen molar-refractivity contribution in [3.63, 3.8) is 0 Å². The molecule has 16 heavy (non-hydrogen) atoms. The van der Waals surface area contributed by atoms with Gasteiger partial charge in [-0.3, -0.25) is 0 Å². The quantitative estimate of drug-likeness (QED) is 0.587. The topological polar surface area (TPSA) is 67.1 Å². The molecule has 1 aromatic rings. The van der Waals surface area contributed by atoms with E-state index in [0.717, 1.165) is 24.2 Å². The van der Waals surface area contributed by atoms with Crippen molar-refractivity contribution < 1.29 is 0 Å². The van der Waals surface area contributed by atoms with Crippen LogP contribution in [0, 0.1) is 6.92 Å². The standard InChI is InChI=1S/C11H21N5/c1-5-6-8(2)16(4)11-9(3)10(15-12)13-7-14-11/h7-8H,5-6,12H2,1-4H3,(H,13,14,15). The molecule has 0 saturated carbocycles. The smallest absolute Gasteiger partial charge is 0.148 e. The van der Waals surface area contributed by atoms with Gasteiger partial charge in [0.15, 0.2) is 0 Å². The molecule has 0 aliphatic heterocycles. The lowest BCUT2D eigenvalue weighted by Crippen LogP contribution is -2.30. The van der Waals surface area contributed by atoms with E-state index < -0.39 is 0 Å². The highest BCUT2D eigenvalue weighted by molar-refractivity contribution is 5.57. The maximum absolute atomic E-state index is 5.40. The summed E-state index contributed by atoms with van der Waals surface area (Å²) in [5, 5.41) is 0. The van der Waals surface area contributed by atoms with Gasteiger partial charge >= 0.3 is 0 Å². The van der Waals surface area contributed by atoms with E-state index in [1.807, 2.05) is 6.92 Å². The first-order valence-electron chi connectivity index (χ1n) is 5.62. The van der Waals surface area contributed by atoms with Crippen LogP contribution in [-0.4, -0.2) is 23.1 Å². The van der Waals surface area contributed by atoms with Gasteiger partial charge in [0.05, 0.1) is 0 Å². The summed E-state index contributed by atoms with van der Waals surface area (Å²) in [6.45, 7) is 6.35. The number of hydrogen-bond acceptors (Lipinski definition) is 5. The number of rotatable bonds is 5. The van der Waals surface area contributed by atoms with Crippen LogP contribution in [0.5, 0.6) is 0 Å². The third kappa shape index (κ3) is 2.61. The Bertz CT molecular complexity index is 339. The molecule has 5 heteroatoms. The van der Waals surface area contributed by atoms with Crippen LogP contribution < -0.4 is 16.2 Å². The van der Waals surface area contributed by atoms with Crippen molar-refractivity contribution in [2.24, 2.45) is 5.84 Å². The Kier molecular flexibility index (Phi) is 4.49. The van der Waals surface area contributed by atoms with Crippen LogP contribution in [0.25, 0.3) is 0 Å². The van der Waals surface area contributed by atoms with Crippen LogP contribution in [0.2, 0.25) is 0 Å². The fraction of sp³-hybridized carbons (Fsp3) is 0.636. The van der Waals surface area contributed by atoms with Crippen LogP contribution in [0.15, 0.2) is 6.33 Å². The number of aromatic nitrogens is 2. The van der Waals surface area contributed by atoms with E-state index >= 15 is 0 Å². The summed E-state index contributed by atoms with van der Waals surface area (Å²) in [7, 11) is 2.05. The molecule has 0 amide bonds. The van der Waals surface area contributed by atoms with Crippen LogP contribution in [-0.2, 0) is 0 Å². The maximum atomic E-state index is 5.40. The number of anilines is 2. The summed E-state index contributed by atoms with van der Waals surface area (Å²) in [4.78, 5) is 10.5. The molecule has 1 atom stereocenters. The van der Waals surface area contributed by atoms with E-state index in [1.165, 1.54) is 6.33 Å². The van der Waals surface area contributed by atoms with Gasteiger partial charge in [-0.1, -0.05) is 13.3 Å². The van der Waals surface area contributed by atoms with Gasteiger partial charge in [0.25, 0.3) is 0 Å². The fourth-order valence-corrected chi connectivity index (χ4v) is 1.76. The van der Waals surface area contributed by atoms with Crippen molar-refractivity contribution in [2.75, 3.05) is 17.4 Å². The van der Waals surface area contributed by atoms with Gasteiger partial charge < -0.3 is 10.3 Å². The van der Waals surface area contributed by atoms with E-state index in [-0.39, 0.29) is 0 Å². The minimum Gasteiger partial charge on any atom is -0.357 e. The molecule has 1 aromatic heterocycles. The molecular weight excluding hydrogens is 202 g/mol. The first kappa shape index (κ1) is 12.7. The molecule has 0 spiro atoms. The molecule has 0 saturated heterocycles. The molecular formula is C11H21N5. The third-order valence-electron chi connectivity index (χ3n) is 2.90. The first-order chi connectivity index (χ1) is 7.61. The predicted octanol–water partition coefficient (Wildman–Crippen LogP) is 1.70. The van der Waals surface area contributed by atoms with E-state index in [2.05, 4.69) is 41.2 Å². The Morgan fingerprint density at radius 3 is 2.75 bits per heavy atom. The van der Waals surface area contributed by atoms with Crippen LogP contribution in [0.4, 0.5) is 11.6 Å². The highest BCUT2D eigenvalue weighted by Crippen LogP contribution is 2.22. The molecule has 1 rings (SSSR count). The predicted molar refractivity (Wildman–Crippen MR) is 67.4 cm³/mol.